The Morgan fingerprint density at radius 2 is 2.15 bits per heavy atom. The molecule has 0 radical (unpaired) electrons. The second kappa shape index (κ2) is 5.57. The molecule has 0 amide bonds. The topological polar surface area (TPSA) is 58.0 Å². The van der Waals surface area contributed by atoms with Crippen LogP contribution in [-0.2, 0) is 12.1 Å². The summed E-state index contributed by atoms with van der Waals surface area (Å²) in [6, 6.07) is 9.90. The zero-order valence-electron chi connectivity index (χ0n) is 11.0. The van der Waals surface area contributed by atoms with Crippen LogP contribution in [0.3, 0.4) is 0 Å². The molecule has 0 saturated carbocycles. The highest BCUT2D eigenvalue weighted by Gasteiger charge is 2.23. The van der Waals surface area contributed by atoms with Crippen molar-refractivity contribution in [1.82, 2.24) is 14.1 Å². The first-order valence-electron chi connectivity index (χ1n) is 6.34. The highest BCUT2D eigenvalue weighted by Crippen LogP contribution is 2.24. The standard InChI is InChI=1S/C14H15N3OS2/c1-14(18,12-6-3-7-19-12)9-15-8-10-4-2-5-11-13(10)17-20-16-11/h2-7,15,18H,8-9H2,1H3. The lowest BCUT2D eigenvalue weighted by Crippen LogP contribution is -2.34. The smallest absolute Gasteiger partial charge is 0.109 e. The average molecular weight is 305 g/mol. The Morgan fingerprint density at radius 1 is 1.25 bits per heavy atom. The van der Waals surface area contributed by atoms with Gasteiger partial charge in [0, 0.05) is 18.0 Å². The van der Waals surface area contributed by atoms with Gasteiger partial charge in [0.25, 0.3) is 0 Å². The summed E-state index contributed by atoms with van der Waals surface area (Å²) < 4.78 is 8.55. The van der Waals surface area contributed by atoms with Gasteiger partial charge in [0.1, 0.15) is 16.6 Å². The van der Waals surface area contributed by atoms with Crippen LogP contribution in [-0.4, -0.2) is 20.4 Å². The maximum absolute atomic E-state index is 10.4. The molecule has 0 saturated heterocycles. The second-order valence-corrected chi connectivity index (χ2v) is 6.38. The van der Waals surface area contributed by atoms with Crippen LogP contribution in [0.5, 0.6) is 0 Å². The third kappa shape index (κ3) is 2.73. The van der Waals surface area contributed by atoms with Crippen molar-refractivity contribution >= 4 is 34.1 Å². The van der Waals surface area contributed by atoms with E-state index in [4.69, 9.17) is 0 Å². The highest BCUT2D eigenvalue weighted by atomic mass is 32.1. The van der Waals surface area contributed by atoms with Crippen LogP contribution in [0, 0.1) is 0 Å². The summed E-state index contributed by atoms with van der Waals surface area (Å²) in [6.07, 6.45) is 0. The number of nitrogens with one attached hydrogen (secondary N) is 1. The van der Waals surface area contributed by atoms with Crippen molar-refractivity contribution in [2.75, 3.05) is 6.54 Å². The van der Waals surface area contributed by atoms with Crippen molar-refractivity contribution in [3.05, 3.63) is 46.2 Å². The summed E-state index contributed by atoms with van der Waals surface area (Å²) in [6.45, 7) is 3.00. The molecule has 0 aliphatic heterocycles. The van der Waals surface area contributed by atoms with Gasteiger partial charge in [-0.2, -0.15) is 8.75 Å². The molecule has 0 bridgehead atoms. The third-order valence-corrected chi connectivity index (χ3v) is 4.87. The first-order valence-corrected chi connectivity index (χ1v) is 7.95. The Hall–Kier alpha value is -1.34. The Balaban J connectivity index is 1.67. The van der Waals surface area contributed by atoms with Crippen molar-refractivity contribution in [3.8, 4) is 0 Å². The van der Waals surface area contributed by atoms with Crippen molar-refractivity contribution in [2.24, 2.45) is 0 Å². The summed E-state index contributed by atoms with van der Waals surface area (Å²) in [4.78, 5) is 0.971. The van der Waals surface area contributed by atoms with Crippen molar-refractivity contribution in [3.63, 3.8) is 0 Å². The van der Waals surface area contributed by atoms with E-state index in [1.165, 1.54) is 11.7 Å². The van der Waals surface area contributed by atoms with Crippen molar-refractivity contribution in [1.29, 1.82) is 0 Å². The van der Waals surface area contributed by atoms with Gasteiger partial charge in [-0.3, -0.25) is 0 Å². The Kier molecular flexibility index (Phi) is 3.80. The van der Waals surface area contributed by atoms with Crippen LogP contribution in [0.25, 0.3) is 11.0 Å². The van der Waals surface area contributed by atoms with E-state index in [-0.39, 0.29) is 0 Å². The monoisotopic (exact) mass is 305 g/mol. The van der Waals surface area contributed by atoms with E-state index in [1.54, 1.807) is 11.3 Å². The molecule has 2 aromatic heterocycles. The summed E-state index contributed by atoms with van der Waals surface area (Å²) in [7, 11) is 0. The summed E-state index contributed by atoms with van der Waals surface area (Å²) in [5, 5.41) is 15.7. The van der Waals surface area contributed by atoms with Crippen LogP contribution in [0.4, 0.5) is 0 Å². The quantitative estimate of drug-likeness (QED) is 0.761. The molecule has 1 aromatic carbocycles. The number of hydrogen-bond donors (Lipinski definition) is 2. The van der Waals surface area contributed by atoms with Crippen LogP contribution >= 0.6 is 23.1 Å². The molecule has 0 spiro atoms. The number of hydrogen-bond acceptors (Lipinski definition) is 6. The van der Waals surface area contributed by atoms with Gasteiger partial charge in [-0.25, -0.2) is 0 Å². The number of fused-ring (bicyclic) bond motifs is 1. The lowest BCUT2D eigenvalue weighted by molar-refractivity contribution is 0.0605. The van der Waals surface area contributed by atoms with Gasteiger partial charge in [-0.05, 0) is 30.0 Å². The number of aromatic nitrogens is 2. The summed E-state index contributed by atoms with van der Waals surface area (Å²) in [5.74, 6) is 0. The number of benzene rings is 1. The lowest BCUT2D eigenvalue weighted by Gasteiger charge is -2.22. The third-order valence-electron chi connectivity index (χ3n) is 3.21. The fourth-order valence-electron chi connectivity index (χ4n) is 2.12. The summed E-state index contributed by atoms with van der Waals surface area (Å²) in [5.41, 5.74) is 2.14. The zero-order chi connectivity index (χ0) is 14.0. The van der Waals surface area contributed by atoms with E-state index < -0.39 is 5.60 Å². The molecular formula is C14H15N3OS2. The van der Waals surface area contributed by atoms with Gasteiger partial charge < -0.3 is 10.4 Å². The minimum absolute atomic E-state index is 0.501. The number of thiophene rings is 1. The van der Waals surface area contributed by atoms with Gasteiger partial charge >= 0.3 is 0 Å². The number of aliphatic hydroxyl groups is 1. The van der Waals surface area contributed by atoms with Gasteiger partial charge in [0.2, 0.25) is 0 Å². The van der Waals surface area contributed by atoms with E-state index in [0.717, 1.165) is 21.5 Å². The Morgan fingerprint density at radius 3 is 2.95 bits per heavy atom. The first kappa shape index (κ1) is 13.6. The molecule has 1 unspecified atom stereocenters. The summed E-state index contributed by atoms with van der Waals surface area (Å²) >= 11 is 2.80. The predicted molar refractivity (Wildman–Crippen MR) is 83.0 cm³/mol. The number of rotatable bonds is 5. The van der Waals surface area contributed by atoms with Crippen LogP contribution in [0.2, 0.25) is 0 Å². The fourth-order valence-corrected chi connectivity index (χ4v) is 3.47. The molecule has 20 heavy (non-hydrogen) atoms. The predicted octanol–water partition coefficient (Wildman–Crippen LogP) is 2.75. The second-order valence-electron chi connectivity index (χ2n) is 4.90. The molecule has 3 aromatic rings. The zero-order valence-corrected chi connectivity index (χ0v) is 12.7. The molecule has 2 N–H and O–H groups in total. The maximum Gasteiger partial charge on any atom is 0.109 e. The minimum atomic E-state index is -0.845. The van der Waals surface area contributed by atoms with E-state index >= 15 is 0 Å². The molecule has 0 fully saturated rings. The van der Waals surface area contributed by atoms with E-state index in [0.29, 0.717) is 13.1 Å². The van der Waals surface area contributed by atoms with E-state index in [9.17, 15) is 5.11 Å². The SMILES string of the molecule is CC(O)(CNCc1cccc2nsnc12)c1cccs1. The molecule has 2 heterocycles. The normalized spacial score (nSPS) is 14.5. The minimum Gasteiger partial charge on any atom is -0.383 e. The van der Waals surface area contributed by atoms with Gasteiger partial charge in [0.15, 0.2) is 0 Å². The molecular weight excluding hydrogens is 290 g/mol. The average Bonchev–Trinajstić information content (AvgIpc) is 3.10. The fraction of sp³-hybridized carbons (Fsp3) is 0.286. The van der Waals surface area contributed by atoms with Gasteiger partial charge in [-0.15, -0.1) is 11.3 Å². The molecule has 3 rings (SSSR count). The van der Waals surface area contributed by atoms with E-state index in [1.807, 2.05) is 42.6 Å². The molecule has 0 aliphatic carbocycles. The van der Waals surface area contributed by atoms with Gasteiger partial charge in [0.05, 0.1) is 11.7 Å². The Labute approximate surface area is 125 Å². The molecule has 1 atom stereocenters. The molecule has 6 heteroatoms. The van der Waals surface area contributed by atoms with Crippen molar-refractivity contribution < 1.29 is 5.11 Å². The first-order chi connectivity index (χ1) is 9.67. The van der Waals surface area contributed by atoms with Gasteiger partial charge in [-0.1, -0.05) is 18.2 Å². The van der Waals surface area contributed by atoms with Crippen LogP contribution < -0.4 is 5.32 Å². The molecule has 4 nitrogen and oxygen atoms in total. The Bertz CT molecular complexity index is 691. The maximum atomic E-state index is 10.4. The molecule has 0 aliphatic rings. The highest BCUT2D eigenvalue weighted by molar-refractivity contribution is 7.10. The number of nitrogens with zero attached hydrogens (tertiary/aromatic N) is 2. The molecule has 104 valence electrons. The van der Waals surface area contributed by atoms with Crippen molar-refractivity contribution in [2.45, 2.75) is 19.1 Å². The largest absolute Gasteiger partial charge is 0.383 e. The van der Waals surface area contributed by atoms with Crippen LogP contribution in [0.1, 0.15) is 17.4 Å². The lowest BCUT2D eigenvalue weighted by atomic mass is 10.1. The van der Waals surface area contributed by atoms with E-state index in [2.05, 4.69) is 14.1 Å². The van der Waals surface area contributed by atoms with Crippen LogP contribution in [0.15, 0.2) is 35.7 Å².